The quantitative estimate of drug-likeness (QED) is 0.569. The largest absolute Gasteiger partial charge is 0.494 e. The van der Waals surface area contributed by atoms with E-state index in [0.29, 0.717) is 28.5 Å². The molecule has 0 spiro atoms. The van der Waals surface area contributed by atoms with E-state index in [1.165, 1.54) is 18.4 Å². The van der Waals surface area contributed by atoms with Crippen LogP contribution in [0.4, 0.5) is 5.00 Å². The molecule has 1 heterocycles. The number of ether oxygens (including phenoxy) is 2. The molecule has 0 radical (unpaired) electrons. The van der Waals surface area contributed by atoms with Gasteiger partial charge in [-0.25, -0.2) is 4.79 Å². The van der Waals surface area contributed by atoms with Crippen LogP contribution in [-0.4, -0.2) is 25.6 Å². The van der Waals surface area contributed by atoms with Crippen LogP contribution in [0.1, 0.15) is 46.9 Å². The summed E-state index contributed by atoms with van der Waals surface area (Å²) >= 11 is 1.28. The number of nitrogens with one attached hydrogen (secondary N) is 1. The molecule has 1 aromatic carbocycles. The van der Waals surface area contributed by atoms with Crippen molar-refractivity contribution in [2.45, 2.75) is 26.2 Å². The second-order valence-electron chi connectivity index (χ2n) is 5.19. The summed E-state index contributed by atoms with van der Waals surface area (Å²) < 4.78 is 10.4. The smallest absolute Gasteiger partial charge is 0.340 e. The Balaban J connectivity index is 2.02. The van der Waals surface area contributed by atoms with Crippen LogP contribution in [0, 0.1) is 0 Å². The second kappa shape index (κ2) is 9.08. The zero-order chi connectivity index (χ0) is 17.4. The summed E-state index contributed by atoms with van der Waals surface area (Å²) in [6, 6.07) is 8.64. The molecule has 2 aromatic rings. The molecule has 0 aliphatic carbocycles. The van der Waals surface area contributed by atoms with Crippen molar-refractivity contribution in [1.82, 2.24) is 0 Å². The van der Waals surface area contributed by atoms with E-state index in [4.69, 9.17) is 9.47 Å². The van der Waals surface area contributed by atoms with Crippen molar-refractivity contribution in [3.8, 4) is 5.75 Å². The van der Waals surface area contributed by atoms with Crippen molar-refractivity contribution < 1.29 is 19.1 Å². The van der Waals surface area contributed by atoms with Gasteiger partial charge in [-0.1, -0.05) is 25.8 Å². The van der Waals surface area contributed by atoms with Crippen molar-refractivity contribution in [1.29, 1.82) is 0 Å². The molecule has 0 saturated carbocycles. The number of esters is 1. The Morgan fingerprint density at radius 2 is 2.04 bits per heavy atom. The normalized spacial score (nSPS) is 10.2. The molecule has 2 rings (SSSR count). The van der Waals surface area contributed by atoms with Gasteiger partial charge in [0.15, 0.2) is 0 Å². The Hall–Kier alpha value is -2.34. The first-order valence-corrected chi connectivity index (χ1v) is 8.73. The molecule has 6 heteroatoms. The first kappa shape index (κ1) is 18.0. The maximum absolute atomic E-state index is 12.4. The molecule has 0 saturated heterocycles. The highest BCUT2D eigenvalue weighted by Crippen LogP contribution is 2.25. The first-order valence-electron chi connectivity index (χ1n) is 7.85. The number of hydrogen-bond acceptors (Lipinski definition) is 5. The molecule has 0 unspecified atom stereocenters. The number of benzene rings is 1. The van der Waals surface area contributed by atoms with Crippen molar-refractivity contribution >= 4 is 28.2 Å². The summed E-state index contributed by atoms with van der Waals surface area (Å²) in [5.74, 6) is -0.0979. The third kappa shape index (κ3) is 4.83. The van der Waals surface area contributed by atoms with Crippen molar-refractivity contribution in [2.24, 2.45) is 0 Å². The Labute approximate surface area is 145 Å². The Morgan fingerprint density at radius 3 is 2.79 bits per heavy atom. The lowest BCUT2D eigenvalue weighted by molar-refractivity contribution is 0.0602. The topological polar surface area (TPSA) is 64.6 Å². The number of unbranched alkanes of at least 4 members (excludes halogenated alkanes) is 2. The highest BCUT2D eigenvalue weighted by molar-refractivity contribution is 7.14. The molecule has 1 N–H and O–H groups in total. The van der Waals surface area contributed by atoms with E-state index in [0.717, 1.165) is 19.3 Å². The number of anilines is 1. The lowest BCUT2D eigenvalue weighted by Gasteiger charge is -2.08. The lowest BCUT2D eigenvalue weighted by Crippen LogP contribution is -2.14. The van der Waals surface area contributed by atoms with Crippen LogP contribution in [0.5, 0.6) is 5.75 Å². The average Bonchev–Trinajstić information content (AvgIpc) is 3.06. The van der Waals surface area contributed by atoms with Gasteiger partial charge in [-0.05, 0) is 36.1 Å². The van der Waals surface area contributed by atoms with Crippen LogP contribution >= 0.6 is 11.3 Å². The van der Waals surface area contributed by atoms with Gasteiger partial charge >= 0.3 is 5.97 Å². The van der Waals surface area contributed by atoms with Gasteiger partial charge < -0.3 is 14.8 Å². The van der Waals surface area contributed by atoms with Crippen molar-refractivity contribution in [3.05, 3.63) is 46.8 Å². The zero-order valence-electron chi connectivity index (χ0n) is 13.8. The van der Waals surface area contributed by atoms with Crippen LogP contribution in [-0.2, 0) is 4.74 Å². The minimum Gasteiger partial charge on any atom is -0.494 e. The van der Waals surface area contributed by atoms with Gasteiger partial charge in [-0.15, -0.1) is 11.3 Å². The molecule has 0 atom stereocenters. The van der Waals surface area contributed by atoms with Gasteiger partial charge in [-0.3, -0.25) is 4.79 Å². The number of hydrogen-bond donors (Lipinski definition) is 1. The van der Waals surface area contributed by atoms with Gasteiger partial charge in [-0.2, -0.15) is 0 Å². The molecule has 0 bridgehead atoms. The Bertz CT molecular complexity index is 696. The maximum Gasteiger partial charge on any atom is 0.340 e. The highest BCUT2D eigenvalue weighted by Gasteiger charge is 2.16. The minimum absolute atomic E-state index is 0.290. The van der Waals surface area contributed by atoms with Crippen LogP contribution < -0.4 is 10.1 Å². The molecule has 1 aromatic heterocycles. The number of amides is 1. The molecular weight excluding hydrogens is 326 g/mol. The summed E-state index contributed by atoms with van der Waals surface area (Å²) in [5.41, 5.74) is 0.829. The molecule has 1 amide bonds. The maximum atomic E-state index is 12.4. The van der Waals surface area contributed by atoms with Gasteiger partial charge in [0.2, 0.25) is 0 Å². The van der Waals surface area contributed by atoms with E-state index in [1.54, 1.807) is 29.6 Å². The monoisotopic (exact) mass is 347 g/mol. The fourth-order valence-electron chi connectivity index (χ4n) is 2.12. The van der Waals surface area contributed by atoms with Gasteiger partial charge in [0.05, 0.1) is 19.3 Å². The number of rotatable bonds is 8. The lowest BCUT2D eigenvalue weighted by atomic mass is 10.2. The van der Waals surface area contributed by atoms with Crippen LogP contribution in [0.2, 0.25) is 0 Å². The number of thiophene rings is 1. The van der Waals surface area contributed by atoms with Crippen LogP contribution in [0.25, 0.3) is 0 Å². The minimum atomic E-state index is -0.473. The average molecular weight is 347 g/mol. The van der Waals surface area contributed by atoms with Crippen molar-refractivity contribution in [2.75, 3.05) is 19.0 Å². The van der Waals surface area contributed by atoms with Crippen LogP contribution in [0.15, 0.2) is 35.7 Å². The van der Waals surface area contributed by atoms with E-state index < -0.39 is 5.97 Å². The standard InChI is InChI=1S/C18H21NO4S/c1-3-4-5-10-23-14-8-6-7-13(12-14)16(20)19-17-15(9-11-24-17)18(21)22-2/h6-9,11-12H,3-5,10H2,1-2H3,(H,19,20). The number of methoxy groups -OCH3 is 1. The molecule has 128 valence electrons. The fraction of sp³-hybridized carbons (Fsp3) is 0.333. The summed E-state index contributed by atoms with van der Waals surface area (Å²) in [6.45, 7) is 2.77. The van der Waals surface area contributed by atoms with Gasteiger partial charge in [0.1, 0.15) is 10.8 Å². The molecule has 0 fully saturated rings. The zero-order valence-corrected chi connectivity index (χ0v) is 14.7. The molecule has 0 aliphatic heterocycles. The molecule has 24 heavy (non-hydrogen) atoms. The molecule has 0 aliphatic rings. The van der Waals surface area contributed by atoms with E-state index in [2.05, 4.69) is 12.2 Å². The molecular formula is C18H21NO4S. The first-order chi connectivity index (χ1) is 11.7. The Kier molecular flexibility index (Phi) is 6.81. The predicted molar refractivity (Wildman–Crippen MR) is 95.1 cm³/mol. The summed E-state index contributed by atoms with van der Waals surface area (Å²) in [5, 5.41) is 4.95. The van der Waals surface area contributed by atoms with Gasteiger partial charge in [0, 0.05) is 5.56 Å². The van der Waals surface area contributed by atoms with E-state index in [1.807, 2.05) is 6.07 Å². The predicted octanol–water partition coefficient (Wildman–Crippen LogP) is 4.36. The summed E-state index contributed by atoms with van der Waals surface area (Å²) in [7, 11) is 1.31. The van der Waals surface area contributed by atoms with Crippen molar-refractivity contribution in [3.63, 3.8) is 0 Å². The third-order valence-corrected chi connectivity index (χ3v) is 4.24. The Morgan fingerprint density at radius 1 is 1.21 bits per heavy atom. The van der Waals surface area contributed by atoms with E-state index in [-0.39, 0.29) is 5.91 Å². The highest BCUT2D eigenvalue weighted by atomic mass is 32.1. The van der Waals surface area contributed by atoms with Crippen LogP contribution in [0.3, 0.4) is 0 Å². The summed E-state index contributed by atoms with van der Waals surface area (Å²) in [4.78, 5) is 24.0. The second-order valence-corrected chi connectivity index (χ2v) is 6.11. The molecule has 5 nitrogen and oxygen atoms in total. The van der Waals surface area contributed by atoms with E-state index in [9.17, 15) is 9.59 Å². The summed E-state index contributed by atoms with van der Waals surface area (Å²) in [6.07, 6.45) is 3.24. The third-order valence-electron chi connectivity index (χ3n) is 3.41. The van der Waals surface area contributed by atoms with Gasteiger partial charge in [0.25, 0.3) is 5.91 Å². The SMILES string of the molecule is CCCCCOc1cccc(C(=O)Nc2sccc2C(=O)OC)c1. The number of carbonyl (C=O) groups excluding carboxylic acids is 2. The fourth-order valence-corrected chi connectivity index (χ4v) is 2.89. The van der Waals surface area contributed by atoms with E-state index >= 15 is 0 Å². The number of carbonyl (C=O) groups is 2.